The highest BCUT2D eigenvalue weighted by Crippen LogP contribution is 2.34. The molecule has 4 aromatic rings. The highest BCUT2D eigenvalue weighted by Gasteiger charge is 2.34. The summed E-state index contributed by atoms with van der Waals surface area (Å²) in [6, 6.07) is 11.7. The number of thioether (sulfide) groups is 1. The number of aryl methyl sites for hydroxylation is 2. The summed E-state index contributed by atoms with van der Waals surface area (Å²) < 4.78 is 9.84. The van der Waals surface area contributed by atoms with Gasteiger partial charge in [0.1, 0.15) is 11.1 Å². The molecule has 0 aliphatic carbocycles. The van der Waals surface area contributed by atoms with Gasteiger partial charge < -0.3 is 9.30 Å². The summed E-state index contributed by atoms with van der Waals surface area (Å²) in [5.74, 6) is -0.474. The number of fused-ring (bicyclic) bond motifs is 1. The van der Waals surface area contributed by atoms with E-state index in [1.165, 1.54) is 11.3 Å². The maximum atomic E-state index is 14.1. The van der Waals surface area contributed by atoms with Gasteiger partial charge >= 0.3 is 5.97 Å². The Hall–Kier alpha value is -3.65. The van der Waals surface area contributed by atoms with Crippen LogP contribution in [0.2, 0.25) is 0 Å². The standard InChI is InChI=1S/C32H32N4O3S3/c1-16(2)39-31(38)27-19(5)34-32-36(28(27)22-9-11-24(40-8)12-10-22)29(37)26(42-32)14-23-13-17(3)35(20(23)6)30-25(15-33)18(4)21(7)41-30/h9-14,16,28H,1-8H3/b26-14-/t28-/m0/s1. The second kappa shape index (κ2) is 11.6. The number of thiophene rings is 1. The summed E-state index contributed by atoms with van der Waals surface area (Å²) >= 11 is 4.53. The largest absolute Gasteiger partial charge is 0.459 e. The first-order valence-electron chi connectivity index (χ1n) is 13.5. The Kier molecular flexibility index (Phi) is 8.21. The van der Waals surface area contributed by atoms with E-state index in [2.05, 4.69) is 10.6 Å². The molecule has 0 spiro atoms. The minimum absolute atomic E-state index is 0.217. The fourth-order valence-electron chi connectivity index (χ4n) is 5.25. The summed E-state index contributed by atoms with van der Waals surface area (Å²) in [6.45, 7) is 13.4. The van der Waals surface area contributed by atoms with E-state index >= 15 is 0 Å². The summed E-state index contributed by atoms with van der Waals surface area (Å²) in [7, 11) is 0. The van der Waals surface area contributed by atoms with Gasteiger partial charge in [-0.25, -0.2) is 9.79 Å². The lowest BCUT2D eigenvalue weighted by molar-refractivity contribution is -0.143. The zero-order chi connectivity index (χ0) is 30.5. The Labute approximate surface area is 257 Å². The normalized spacial score (nSPS) is 15.1. The predicted molar refractivity (Wildman–Crippen MR) is 171 cm³/mol. The molecule has 0 saturated heterocycles. The van der Waals surface area contributed by atoms with E-state index in [0.717, 1.165) is 42.9 Å². The average molecular weight is 617 g/mol. The zero-order valence-corrected chi connectivity index (χ0v) is 27.3. The van der Waals surface area contributed by atoms with Crippen LogP contribution in [0.5, 0.6) is 0 Å². The van der Waals surface area contributed by atoms with E-state index in [-0.39, 0.29) is 11.7 Å². The number of aromatic nitrogens is 2. The number of rotatable bonds is 6. The fourth-order valence-corrected chi connectivity index (χ4v) is 7.91. The number of nitriles is 1. The van der Waals surface area contributed by atoms with E-state index in [1.807, 2.05) is 70.4 Å². The van der Waals surface area contributed by atoms with E-state index in [9.17, 15) is 14.9 Å². The van der Waals surface area contributed by atoms with Crippen molar-refractivity contribution in [2.45, 2.75) is 65.5 Å². The molecule has 0 unspecified atom stereocenters. The molecule has 0 bridgehead atoms. The number of ether oxygens (including phenoxy) is 1. The first-order chi connectivity index (χ1) is 20.0. The molecule has 0 amide bonds. The molecule has 0 saturated carbocycles. The van der Waals surface area contributed by atoms with Crippen LogP contribution in [0.1, 0.15) is 65.3 Å². The third-order valence-electron chi connectivity index (χ3n) is 7.45. The Morgan fingerprint density at radius 1 is 1.14 bits per heavy atom. The lowest BCUT2D eigenvalue weighted by Gasteiger charge is -2.25. The fraction of sp³-hybridized carbons (Fsp3) is 0.312. The average Bonchev–Trinajstić information content (AvgIpc) is 3.51. The van der Waals surface area contributed by atoms with Crippen molar-refractivity contribution in [2.24, 2.45) is 4.99 Å². The third-order valence-corrected chi connectivity index (χ3v) is 10.4. The number of esters is 1. The van der Waals surface area contributed by atoms with Crippen molar-refractivity contribution in [3.63, 3.8) is 0 Å². The van der Waals surface area contributed by atoms with E-state index in [1.54, 1.807) is 48.4 Å². The Bertz CT molecular complexity index is 1980. The van der Waals surface area contributed by atoms with E-state index in [0.29, 0.717) is 26.2 Å². The van der Waals surface area contributed by atoms with Crippen LogP contribution in [-0.2, 0) is 9.53 Å². The molecule has 0 radical (unpaired) electrons. The molecule has 1 atom stereocenters. The van der Waals surface area contributed by atoms with Crippen molar-refractivity contribution in [3.05, 3.63) is 99.8 Å². The van der Waals surface area contributed by atoms with Crippen LogP contribution in [0.4, 0.5) is 0 Å². The first kappa shape index (κ1) is 29.8. The molecule has 1 aliphatic rings. The van der Waals surface area contributed by atoms with Gasteiger partial charge in [0.05, 0.1) is 33.5 Å². The number of hydrogen-bond acceptors (Lipinski definition) is 8. The third kappa shape index (κ3) is 5.10. The van der Waals surface area contributed by atoms with E-state index in [4.69, 9.17) is 9.73 Å². The number of carbonyl (C=O) groups is 1. The Balaban J connectivity index is 1.69. The summed E-state index contributed by atoms with van der Waals surface area (Å²) in [4.78, 5) is 34.9. The van der Waals surface area contributed by atoms with E-state index < -0.39 is 12.0 Å². The summed E-state index contributed by atoms with van der Waals surface area (Å²) in [5.41, 5.74) is 5.98. The SMILES string of the molecule is CSc1ccc([C@H]2C(C(=O)OC(C)C)=C(C)N=c3s/c(=C\c4cc(C)n(-c5sc(C)c(C)c5C#N)c4C)c(=O)n32)cc1. The predicted octanol–water partition coefficient (Wildman–Crippen LogP) is 5.87. The highest BCUT2D eigenvalue weighted by atomic mass is 32.2. The number of hydrogen-bond donors (Lipinski definition) is 0. The monoisotopic (exact) mass is 616 g/mol. The van der Waals surface area contributed by atoms with Gasteiger partial charge in [-0.15, -0.1) is 23.1 Å². The molecule has 4 heterocycles. The first-order valence-corrected chi connectivity index (χ1v) is 16.4. The number of allylic oxidation sites excluding steroid dienone is 1. The highest BCUT2D eigenvalue weighted by molar-refractivity contribution is 7.98. The zero-order valence-electron chi connectivity index (χ0n) is 24.9. The van der Waals surface area contributed by atoms with Crippen LogP contribution in [0.3, 0.4) is 0 Å². The molecule has 0 fully saturated rings. The van der Waals surface area contributed by atoms with Crippen molar-refractivity contribution in [1.29, 1.82) is 5.26 Å². The Morgan fingerprint density at radius 2 is 1.83 bits per heavy atom. The smallest absolute Gasteiger partial charge is 0.338 e. The molecule has 0 N–H and O–H groups in total. The van der Waals surface area contributed by atoms with Gasteiger partial charge in [0.15, 0.2) is 4.80 Å². The van der Waals surface area contributed by atoms with Gasteiger partial charge in [0.25, 0.3) is 5.56 Å². The molecule has 10 heteroatoms. The number of carbonyl (C=O) groups excluding carboxylic acids is 1. The van der Waals surface area contributed by atoms with Crippen LogP contribution >= 0.6 is 34.4 Å². The van der Waals surface area contributed by atoms with Gasteiger partial charge in [-0.1, -0.05) is 23.5 Å². The van der Waals surface area contributed by atoms with Gasteiger partial charge in [0.2, 0.25) is 0 Å². The van der Waals surface area contributed by atoms with Crippen molar-refractivity contribution in [2.75, 3.05) is 6.26 Å². The quantitative estimate of drug-likeness (QED) is 0.200. The number of benzene rings is 1. The number of thiazole rings is 1. The molecule has 5 rings (SSSR count). The van der Waals surface area contributed by atoms with Crippen molar-refractivity contribution in [3.8, 4) is 11.1 Å². The summed E-state index contributed by atoms with van der Waals surface area (Å²) in [6.07, 6.45) is 3.59. The maximum Gasteiger partial charge on any atom is 0.338 e. The molecule has 7 nitrogen and oxygen atoms in total. The van der Waals surface area contributed by atoms with Crippen LogP contribution in [0.25, 0.3) is 11.1 Å². The maximum absolute atomic E-state index is 14.1. The lowest BCUT2D eigenvalue weighted by atomic mass is 9.96. The van der Waals surface area contributed by atoms with Crippen molar-refractivity contribution >= 4 is 46.5 Å². The number of nitrogens with zero attached hydrogens (tertiary/aromatic N) is 4. The molecular formula is C32H32N4O3S3. The van der Waals surface area contributed by atoms with Gasteiger partial charge in [-0.3, -0.25) is 9.36 Å². The Morgan fingerprint density at radius 3 is 2.45 bits per heavy atom. The van der Waals surface area contributed by atoms with Crippen molar-refractivity contribution in [1.82, 2.24) is 9.13 Å². The molecule has 1 aliphatic heterocycles. The molecule has 3 aromatic heterocycles. The van der Waals surface area contributed by atoms with Gasteiger partial charge in [0, 0.05) is 21.2 Å². The minimum Gasteiger partial charge on any atom is -0.459 e. The lowest BCUT2D eigenvalue weighted by Crippen LogP contribution is -2.40. The van der Waals surface area contributed by atoms with Crippen LogP contribution < -0.4 is 14.9 Å². The summed E-state index contributed by atoms with van der Waals surface area (Å²) in [5, 5.41) is 10.7. The van der Waals surface area contributed by atoms with Crippen molar-refractivity contribution < 1.29 is 9.53 Å². The van der Waals surface area contributed by atoms with Crippen LogP contribution in [0, 0.1) is 39.0 Å². The minimum atomic E-state index is -0.659. The molecule has 1 aromatic carbocycles. The molecule has 216 valence electrons. The second-order valence-corrected chi connectivity index (χ2v) is 13.6. The second-order valence-electron chi connectivity index (χ2n) is 10.5. The van der Waals surface area contributed by atoms with Crippen LogP contribution in [0.15, 0.2) is 56.3 Å². The van der Waals surface area contributed by atoms with Gasteiger partial charge in [-0.2, -0.15) is 5.26 Å². The molecular weight excluding hydrogens is 585 g/mol. The van der Waals surface area contributed by atoms with Crippen LogP contribution in [-0.4, -0.2) is 27.5 Å². The van der Waals surface area contributed by atoms with Gasteiger partial charge in [-0.05, 0) is 95.7 Å². The topological polar surface area (TPSA) is 89.4 Å². The molecule has 42 heavy (non-hydrogen) atoms.